The van der Waals surface area contributed by atoms with Crippen LogP contribution < -0.4 is 5.32 Å². The molecule has 0 amide bonds. The van der Waals surface area contributed by atoms with E-state index in [0.717, 1.165) is 37.6 Å². The van der Waals surface area contributed by atoms with Gasteiger partial charge in [-0.05, 0) is 25.0 Å². The Morgan fingerprint density at radius 1 is 1.22 bits per heavy atom. The second-order valence-electron chi connectivity index (χ2n) is 4.45. The summed E-state index contributed by atoms with van der Waals surface area (Å²) in [4.78, 5) is 8.65. The molecule has 4 heteroatoms. The fraction of sp³-hybridized carbons (Fsp3) is 0.429. The van der Waals surface area contributed by atoms with Gasteiger partial charge in [-0.3, -0.25) is 4.98 Å². The van der Waals surface area contributed by atoms with Crippen molar-refractivity contribution in [2.24, 2.45) is 0 Å². The zero-order valence-electron chi connectivity index (χ0n) is 11.1. The van der Waals surface area contributed by atoms with Crippen molar-refractivity contribution in [3.05, 3.63) is 47.8 Å². The molecule has 2 aromatic rings. The molecule has 0 bridgehead atoms. The molecule has 2 aromatic heterocycles. The highest BCUT2D eigenvalue weighted by molar-refractivity contribution is 5.12. The molecule has 96 valence electrons. The van der Waals surface area contributed by atoms with Gasteiger partial charge in [-0.25, -0.2) is 4.98 Å². The fourth-order valence-corrected chi connectivity index (χ4v) is 1.87. The van der Waals surface area contributed by atoms with Gasteiger partial charge < -0.3 is 9.88 Å². The number of nitrogens with one attached hydrogen (secondary N) is 1. The van der Waals surface area contributed by atoms with Gasteiger partial charge in [0.05, 0.1) is 6.54 Å². The molecule has 0 aliphatic carbocycles. The maximum absolute atomic E-state index is 4.36. The first-order valence-electron chi connectivity index (χ1n) is 6.42. The first-order valence-corrected chi connectivity index (χ1v) is 6.42. The molecule has 0 fully saturated rings. The average molecular weight is 244 g/mol. The van der Waals surface area contributed by atoms with Crippen molar-refractivity contribution in [3.63, 3.8) is 0 Å². The third kappa shape index (κ3) is 3.40. The summed E-state index contributed by atoms with van der Waals surface area (Å²) in [5.41, 5.74) is 2.26. The summed E-state index contributed by atoms with van der Waals surface area (Å²) >= 11 is 0. The van der Waals surface area contributed by atoms with E-state index in [1.807, 2.05) is 31.6 Å². The van der Waals surface area contributed by atoms with Crippen LogP contribution in [0.25, 0.3) is 0 Å². The van der Waals surface area contributed by atoms with E-state index in [9.17, 15) is 0 Å². The minimum absolute atomic E-state index is 0.793. The third-order valence-corrected chi connectivity index (χ3v) is 2.85. The van der Waals surface area contributed by atoms with Gasteiger partial charge >= 0.3 is 0 Å². The zero-order chi connectivity index (χ0) is 12.8. The lowest BCUT2D eigenvalue weighted by Gasteiger charge is -2.07. The van der Waals surface area contributed by atoms with Gasteiger partial charge in [0.2, 0.25) is 0 Å². The number of imidazole rings is 1. The minimum Gasteiger partial charge on any atom is -0.334 e. The summed E-state index contributed by atoms with van der Waals surface area (Å²) in [6, 6.07) is 4.14. The summed E-state index contributed by atoms with van der Waals surface area (Å²) in [6.07, 6.45) is 6.94. The van der Waals surface area contributed by atoms with Crippen LogP contribution in [-0.2, 0) is 19.6 Å². The fourth-order valence-electron chi connectivity index (χ4n) is 1.87. The van der Waals surface area contributed by atoms with Gasteiger partial charge in [-0.15, -0.1) is 0 Å². The predicted octanol–water partition coefficient (Wildman–Crippen LogP) is 2.29. The van der Waals surface area contributed by atoms with Crippen LogP contribution in [0, 0.1) is 6.92 Å². The van der Waals surface area contributed by atoms with E-state index in [1.54, 1.807) is 0 Å². The molecule has 0 aliphatic heterocycles. The van der Waals surface area contributed by atoms with Gasteiger partial charge in [0.25, 0.3) is 0 Å². The van der Waals surface area contributed by atoms with Gasteiger partial charge in [0.1, 0.15) is 5.82 Å². The van der Waals surface area contributed by atoms with Gasteiger partial charge in [0, 0.05) is 37.4 Å². The summed E-state index contributed by atoms with van der Waals surface area (Å²) in [7, 11) is 0. The largest absolute Gasteiger partial charge is 0.334 e. The second-order valence-corrected chi connectivity index (χ2v) is 4.45. The van der Waals surface area contributed by atoms with E-state index in [1.165, 1.54) is 5.56 Å². The standard InChI is InChI=1S/C14H20N4/c1-3-7-18-8-6-16-14(18)11-15-9-13-5-4-12(2)17-10-13/h4-6,8,10,15H,3,7,9,11H2,1-2H3. The molecule has 0 saturated heterocycles. The number of aromatic nitrogens is 3. The van der Waals surface area contributed by atoms with E-state index < -0.39 is 0 Å². The molecule has 2 heterocycles. The lowest BCUT2D eigenvalue weighted by atomic mass is 10.2. The molecule has 2 rings (SSSR count). The first-order chi connectivity index (χ1) is 8.79. The molecule has 0 atom stereocenters. The van der Waals surface area contributed by atoms with E-state index in [0.29, 0.717) is 0 Å². The molecule has 0 aromatic carbocycles. The van der Waals surface area contributed by atoms with Crippen LogP contribution in [0.4, 0.5) is 0 Å². The normalized spacial score (nSPS) is 10.8. The molecular weight excluding hydrogens is 224 g/mol. The maximum Gasteiger partial charge on any atom is 0.122 e. The summed E-state index contributed by atoms with van der Waals surface area (Å²) < 4.78 is 2.19. The lowest BCUT2D eigenvalue weighted by molar-refractivity contribution is 0.588. The van der Waals surface area contributed by atoms with E-state index >= 15 is 0 Å². The van der Waals surface area contributed by atoms with Gasteiger partial charge in [-0.1, -0.05) is 13.0 Å². The van der Waals surface area contributed by atoms with Crippen molar-refractivity contribution >= 4 is 0 Å². The number of hydrogen-bond acceptors (Lipinski definition) is 3. The Bertz CT molecular complexity index is 473. The lowest BCUT2D eigenvalue weighted by Crippen LogP contribution is -2.16. The van der Waals surface area contributed by atoms with Crippen molar-refractivity contribution in [3.8, 4) is 0 Å². The summed E-state index contributed by atoms with van der Waals surface area (Å²) in [5.74, 6) is 1.09. The van der Waals surface area contributed by atoms with Gasteiger partial charge in [-0.2, -0.15) is 0 Å². The highest BCUT2D eigenvalue weighted by Crippen LogP contribution is 2.01. The highest BCUT2D eigenvalue weighted by Gasteiger charge is 2.01. The number of rotatable bonds is 6. The molecule has 4 nitrogen and oxygen atoms in total. The average Bonchev–Trinajstić information content (AvgIpc) is 2.80. The third-order valence-electron chi connectivity index (χ3n) is 2.85. The Balaban J connectivity index is 1.84. The first kappa shape index (κ1) is 12.8. The monoisotopic (exact) mass is 244 g/mol. The van der Waals surface area contributed by atoms with Crippen LogP contribution in [0.1, 0.15) is 30.4 Å². The number of hydrogen-bond donors (Lipinski definition) is 1. The van der Waals surface area contributed by atoms with E-state index in [-0.39, 0.29) is 0 Å². The zero-order valence-corrected chi connectivity index (χ0v) is 11.1. The molecular formula is C14H20N4. The summed E-state index contributed by atoms with van der Waals surface area (Å²) in [5, 5.41) is 3.40. The molecule has 0 radical (unpaired) electrons. The van der Waals surface area contributed by atoms with Gasteiger partial charge in [0.15, 0.2) is 0 Å². The topological polar surface area (TPSA) is 42.7 Å². The van der Waals surface area contributed by atoms with Crippen molar-refractivity contribution < 1.29 is 0 Å². The maximum atomic E-state index is 4.36. The smallest absolute Gasteiger partial charge is 0.122 e. The molecule has 18 heavy (non-hydrogen) atoms. The van der Waals surface area contributed by atoms with Crippen LogP contribution >= 0.6 is 0 Å². The highest BCUT2D eigenvalue weighted by atomic mass is 15.1. The van der Waals surface area contributed by atoms with Crippen molar-refractivity contribution in [2.75, 3.05) is 0 Å². The molecule has 0 aliphatic rings. The molecule has 0 unspecified atom stereocenters. The van der Waals surface area contributed by atoms with Crippen molar-refractivity contribution in [1.82, 2.24) is 19.9 Å². The minimum atomic E-state index is 0.793. The van der Waals surface area contributed by atoms with E-state index in [2.05, 4.69) is 32.8 Å². The Morgan fingerprint density at radius 3 is 2.83 bits per heavy atom. The summed E-state index contributed by atoms with van der Waals surface area (Å²) in [6.45, 7) is 6.82. The predicted molar refractivity (Wildman–Crippen MR) is 72.0 cm³/mol. The Hall–Kier alpha value is -1.68. The van der Waals surface area contributed by atoms with Crippen molar-refractivity contribution in [1.29, 1.82) is 0 Å². The molecule has 1 N–H and O–H groups in total. The van der Waals surface area contributed by atoms with Crippen molar-refractivity contribution in [2.45, 2.75) is 39.9 Å². The Labute approximate surface area is 108 Å². The quantitative estimate of drug-likeness (QED) is 0.847. The number of nitrogens with zero attached hydrogens (tertiary/aromatic N) is 3. The van der Waals surface area contributed by atoms with E-state index in [4.69, 9.17) is 0 Å². The number of pyridine rings is 1. The van der Waals surface area contributed by atoms with Crippen LogP contribution in [0.5, 0.6) is 0 Å². The Morgan fingerprint density at radius 2 is 2.11 bits per heavy atom. The number of aryl methyl sites for hydroxylation is 2. The molecule has 0 spiro atoms. The van der Waals surface area contributed by atoms with Crippen LogP contribution in [0.15, 0.2) is 30.7 Å². The van der Waals surface area contributed by atoms with Crippen LogP contribution in [0.2, 0.25) is 0 Å². The molecule has 0 saturated carbocycles. The van der Waals surface area contributed by atoms with Crippen LogP contribution in [0.3, 0.4) is 0 Å². The Kier molecular flexibility index (Phi) is 4.47. The SMILES string of the molecule is CCCn1ccnc1CNCc1ccc(C)nc1. The van der Waals surface area contributed by atoms with Crippen LogP contribution in [-0.4, -0.2) is 14.5 Å². The second kappa shape index (κ2) is 6.31.